The summed E-state index contributed by atoms with van der Waals surface area (Å²) in [6.45, 7) is 13.8. The Bertz CT molecular complexity index is 588. The molecule has 28 heavy (non-hydrogen) atoms. The minimum absolute atomic E-state index is 0.293. The van der Waals surface area contributed by atoms with Crippen molar-refractivity contribution in [2.24, 2.45) is 0 Å². The predicted molar refractivity (Wildman–Crippen MR) is 105 cm³/mol. The summed E-state index contributed by atoms with van der Waals surface area (Å²) in [7, 11) is 0. The summed E-state index contributed by atoms with van der Waals surface area (Å²) in [5.74, 6) is -0.439. The molecular formula is C20H34N2O6. The van der Waals surface area contributed by atoms with Gasteiger partial charge in [0, 0.05) is 25.7 Å². The molecule has 0 unspecified atom stereocenters. The molecule has 0 radical (unpaired) electrons. The highest BCUT2D eigenvalue weighted by molar-refractivity contribution is 5.81. The average Bonchev–Trinajstić information content (AvgIpc) is 2.51. The number of esters is 1. The van der Waals surface area contributed by atoms with Gasteiger partial charge in [-0.15, -0.1) is 0 Å². The number of ether oxygens (including phenoxy) is 3. The van der Waals surface area contributed by atoms with Crippen LogP contribution in [0.15, 0.2) is 12.2 Å². The molecule has 160 valence electrons. The first-order chi connectivity index (χ1) is 12.8. The summed E-state index contributed by atoms with van der Waals surface area (Å²) in [5, 5.41) is 0. The van der Waals surface area contributed by atoms with E-state index >= 15 is 0 Å². The Morgan fingerprint density at radius 3 is 2.07 bits per heavy atom. The molecule has 0 aliphatic carbocycles. The molecule has 0 aromatic rings. The van der Waals surface area contributed by atoms with Crippen molar-refractivity contribution < 1.29 is 28.6 Å². The summed E-state index contributed by atoms with van der Waals surface area (Å²) in [6, 6.07) is -0.332. The van der Waals surface area contributed by atoms with Crippen molar-refractivity contribution in [3.8, 4) is 0 Å². The molecule has 2 amide bonds. The smallest absolute Gasteiger partial charge is 0.410 e. The highest BCUT2D eigenvalue weighted by Gasteiger charge is 2.35. The van der Waals surface area contributed by atoms with E-state index in [0.29, 0.717) is 32.7 Å². The van der Waals surface area contributed by atoms with Crippen molar-refractivity contribution in [1.29, 1.82) is 0 Å². The molecule has 8 nitrogen and oxygen atoms in total. The third kappa shape index (κ3) is 8.63. The molecule has 0 N–H and O–H groups in total. The number of hydrogen-bond donors (Lipinski definition) is 0. The Morgan fingerprint density at radius 1 is 0.964 bits per heavy atom. The number of carbonyl (C=O) groups is 3. The van der Waals surface area contributed by atoms with Crippen LogP contribution in [0.5, 0.6) is 0 Å². The van der Waals surface area contributed by atoms with Gasteiger partial charge in [0.2, 0.25) is 0 Å². The minimum Gasteiger partial charge on any atom is -0.463 e. The second kappa shape index (κ2) is 9.80. The number of carbonyl (C=O) groups excluding carboxylic acids is 3. The summed E-state index contributed by atoms with van der Waals surface area (Å²) in [5.41, 5.74) is -1.22. The Hall–Kier alpha value is -2.25. The molecule has 8 heteroatoms. The molecule has 1 aliphatic heterocycles. The first kappa shape index (κ1) is 23.8. The Morgan fingerprint density at radius 2 is 1.54 bits per heavy atom. The van der Waals surface area contributed by atoms with Crippen LogP contribution in [-0.2, 0) is 19.0 Å². The zero-order chi connectivity index (χ0) is 21.5. The second-order valence-corrected chi connectivity index (χ2v) is 8.64. The van der Waals surface area contributed by atoms with Crippen LogP contribution in [0.25, 0.3) is 0 Å². The summed E-state index contributed by atoms with van der Waals surface area (Å²) in [4.78, 5) is 39.7. The van der Waals surface area contributed by atoms with Crippen molar-refractivity contribution >= 4 is 18.2 Å². The zero-order valence-electron chi connectivity index (χ0n) is 18.1. The van der Waals surface area contributed by atoms with E-state index in [1.165, 1.54) is 6.08 Å². The predicted octanol–water partition coefficient (Wildman–Crippen LogP) is 3.35. The van der Waals surface area contributed by atoms with Gasteiger partial charge < -0.3 is 24.0 Å². The summed E-state index contributed by atoms with van der Waals surface area (Å²) in [6.07, 6.45) is 2.51. The SMILES string of the molecule is CCOC(=O)C=CC[C@H]1CN(C(=O)OC(C)(C)C)CCN1C(=O)OC(C)(C)C. The van der Waals surface area contributed by atoms with E-state index in [9.17, 15) is 14.4 Å². The fourth-order valence-corrected chi connectivity index (χ4v) is 2.62. The zero-order valence-corrected chi connectivity index (χ0v) is 18.1. The molecular weight excluding hydrogens is 364 g/mol. The topological polar surface area (TPSA) is 85.4 Å². The quantitative estimate of drug-likeness (QED) is 0.410. The van der Waals surface area contributed by atoms with Crippen molar-refractivity contribution in [2.75, 3.05) is 26.2 Å². The number of hydrogen-bond acceptors (Lipinski definition) is 6. The van der Waals surface area contributed by atoms with E-state index in [1.54, 1.807) is 64.3 Å². The van der Waals surface area contributed by atoms with Gasteiger partial charge >= 0.3 is 18.2 Å². The van der Waals surface area contributed by atoms with Gasteiger partial charge in [-0.1, -0.05) is 6.08 Å². The van der Waals surface area contributed by atoms with Crippen LogP contribution in [0.3, 0.4) is 0 Å². The monoisotopic (exact) mass is 398 g/mol. The Balaban J connectivity index is 2.87. The third-order valence-corrected chi connectivity index (χ3v) is 3.71. The van der Waals surface area contributed by atoms with Crippen LogP contribution in [0.1, 0.15) is 54.9 Å². The fraction of sp³-hybridized carbons (Fsp3) is 0.750. The first-order valence-electron chi connectivity index (χ1n) is 9.63. The highest BCUT2D eigenvalue weighted by Crippen LogP contribution is 2.20. The van der Waals surface area contributed by atoms with Gasteiger partial charge in [0.05, 0.1) is 12.6 Å². The van der Waals surface area contributed by atoms with Gasteiger partial charge in [-0.3, -0.25) is 0 Å². The van der Waals surface area contributed by atoms with Crippen molar-refractivity contribution in [2.45, 2.75) is 72.1 Å². The van der Waals surface area contributed by atoms with Crippen LogP contribution >= 0.6 is 0 Å². The molecule has 1 heterocycles. The summed E-state index contributed by atoms with van der Waals surface area (Å²) < 4.78 is 15.8. The maximum atomic E-state index is 12.6. The third-order valence-electron chi connectivity index (χ3n) is 3.71. The Labute approximate surface area is 167 Å². The van der Waals surface area contributed by atoms with E-state index < -0.39 is 29.4 Å². The molecule has 0 spiro atoms. The van der Waals surface area contributed by atoms with E-state index in [1.807, 2.05) is 0 Å². The highest BCUT2D eigenvalue weighted by atomic mass is 16.6. The Kier molecular flexibility index (Phi) is 8.32. The molecule has 0 aromatic carbocycles. The van der Waals surface area contributed by atoms with Crippen LogP contribution in [0, 0.1) is 0 Å². The minimum atomic E-state index is -0.620. The summed E-state index contributed by atoms with van der Waals surface area (Å²) >= 11 is 0. The van der Waals surface area contributed by atoms with Gasteiger partial charge in [0.15, 0.2) is 0 Å². The van der Waals surface area contributed by atoms with Gasteiger partial charge in [-0.2, -0.15) is 0 Å². The maximum absolute atomic E-state index is 12.6. The van der Waals surface area contributed by atoms with Gasteiger partial charge in [0.25, 0.3) is 0 Å². The van der Waals surface area contributed by atoms with Crippen LogP contribution in [0.4, 0.5) is 9.59 Å². The number of rotatable bonds is 4. The van der Waals surface area contributed by atoms with Crippen molar-refractivity contribution in [3.05, 3.63) is 12.2 Å². The van der Waals surface area contributed by atoms with Crippen molar-refractivity contribution in [3.63, 3.8) is 0 Å². The van der Waals surface area contributed by atoms with Crippen LogP contribution in [-0.4, -0.2) is 71.4 Å². The lowest BCUT2D eigenvalue weighted by molar-refractivity contribution is -0.137. The molecule has 1 rings (SSSR count). The average molecular weight is 399 g/mol. The molecule has 1 saturated heterocycles. The molecule has 0 aromatic heterocycles. The largest absolute Gasteiger partial charge is 0.463 e. The fourth-order valence-electron chi connectivity index (χ4n) is 2.62. The standard InChI is InChI=1S/C20H34N2O6/c1-8-26-16(23)11-9-10-15-14-21(17(24)27-19(2,3)4)12-13-22(15)18(25)28-20(5,6)7/h9,11,15H,8,10,12-14H2,1-7H3/t15-/m0/s1. The van der Waals surface area contributed by atoms with Crippen LogP contribution < -0.4 is 0 Å². The molecule has 1 atom stereocenters. The normalized spacial score (nSPS) is 18.2. The molecule has 0 bridgehead atoms. The lowest BCUT2D eigenvalue weighted by atomic mass is 10.1. The van der Waals surface area contributed by atoms with E-state index in [2.05, 4.69) is 0 Å². The van der Waals surface area contributed by atoms with Gasteiger partial charge in [-0.05, 0) is 54.9 Å². The first-order valence-corrected chi connectivity index (χ1v) is 9.63. The number of amides is 2. The maximum Gasteiger partial charge on any atom is 0.410 e. The molecule has 1 aliphatic rings. The van der Waals surface area contributed by atoms with Gasteiger partial charge in [-0.25, -0.2) is 14.4 Å². The van der Waals surface area contributed by atoms with Crippen molar-refractivity contribution in [1.82, 2.24) is 9.80 Å². The van der Waals surface area contributed by atoms with E-state index in [4.69, 9.17) is 14.2 Å². The second-order valence-electron chi connectivity index (χ2n) is 8.64. The molecule has 1 fully saturated rings. The van der Waals surface area contributed by atoms with Crippen LogP contribution in [0.2, 0.25) is 0 Å². The lowest BCUT2D eigenvalue weighted by Crippen LogP contribution is -2.57. The lowest BCUT2D eigenvalue weighted by Gasteiger charge is -2.41. The number of nitrogens with zero attached hydrogens (tertiary/aromatic N) is 2. The van der Waals surface area contributed by atoms with E-state index in [-0.39, 0.29) is 6.04 Å². The van der Waals surface area contributed by atoms with Gasteiger partial charge in [0.1, 0.15) is 11.2 Å². The number of piperazine rings is 1. The van der Waals surface area contributed by atoms with E-state index in [0.717, 1.165) is 0 Å². The molecule has 0 saturated carbocycles.